The highest BCUT2D eigenvalue weighted by atomic mass is 19.4. The van der Waals surface area contributed by atoms with E-state index in [4.69, 9.17) is 4.74 Å². The van der Waals surface area contributed by atoms with Crippen molar-refractivity contribution in [3.05, 3.63) is 47.2 Å². The molecule has 2 rings (SSSR count). The Morgan fingerprint density at radius 3 is 2.54 bits per heavy atom. The number of hydrogen-bond acceptors (Lipinski definition) is 4. The highest BCUT2D eigenvalue weighted by molar-refractivity contribution is 5.96. The van der Waals surface area contributed by atoms with Gasteiger partial charge in [0.25, 0.3) is 5.91 Å². The first kappa shape index (κ1) is 17.8. The number of hydrogen-bond donors (Lipinski definition) is 2. The molecule has 9 heteroatoms. The highest BCUT2D eigenvalue weighted by Gasteiger charge is 2.30. The number of aliphatic hydroxyl groups is 1. The lowest BCUT2D eigenvalue weighted by atomic mass is 10.1. The summed E-state index contributed by atoms with van der Waals surface area (Å²) in [5.74, 6) is -0.370. The number of aromatic nitrogens is 2. The van der Waals surface area contributed by atoms with Gasteiger partial charge in [-0.05, 0) is 17.7 Å². The molecule has 24 heavy (non-hydrogen) atoms. The van der Waals surface area contributed by atoms with Crippen molar-refractivity contribution < 1.29 is 27.8 Å². The lowest BCUT2D eigenvalue weighted by molar-refractivity contribution is -0.137. The Balaban J connectivity index is 1.99. The summed E-state index contributed by atoms with van der Waals surface area (Å²) in [6.07, 6.45) is -4.12. The maximum Gasteiger partial charge on any atom is 0.416 e. The zero-order valence-electron chi connectivity index (χ0n) is 13.0. The monoisotopic (exact) mass is 343 g/mol. The lowest BCUT2D eigenvalue weighted by Gasteiger charge is -2.13. The van der Waals surface area contributed by atoms with Gasteiger partial charge in [0.2, 0.25) is 5.88 Å². The van der Waals surface area contributed by atoms with Crippen LogP contribution in [-0.4, -0.2) is 34.4 Å². The second kappa shape index (κ2) is 6.91. The minimum Gasteiger partial charge on any atom is -0.479 e. The molecule has 2 aromatic rings. The quantitative estimate of drug-likeness (QED) is 0.870. The number of nitrogens with zero attached hydrogens (tertiary/aromatic N) is 2. The molecular weight excluding hydrogens is 327 g/mol. The third-order valence-electron chi connectivity index (χ3n) is 3.31. The minimum absolute atomic E-state index is 0.138. The molecule has 2 N–H and O–H groups in total. The molecule has 0 aliphatic rings. The van der Waals surface area contributed by atoms with Crippen molar-refractivity contribution in [2.24, 2.45) is 7.05 Å². The predicted octanol–water partition coefficient (Wildman–Crippen LogP) is 1.91. The summed E-state index contributed by atoms with van der Waals surface area (Å²) in [6, 6.07) is 4.10. The van der Waals surface area contributed by atoms with Gasteiger partial charge in [-0.15, -0.1) is 5.10 Å². The summed E-state index contributed by atoms with van der Waals surface area (Å²) in [7, 11) is 2.99. The van der Waals surface area contributed by atoms with Gasteiger partial charge >= 0.3 is 6.18 Å². The van der Waals surface area contributed by atoms with Crippen molar-refractivity contribution in [2.75, 3.05) is 13.7 Å². The zero-order valence-corrected chi connectivity index (χ0v) is 13.0. The fourth-order valence-corrected chi connectivity index (χ4v) is 2.07. The molecule has 0 radical (unpaired) electrons. The fourth-order valence-electron chi connectivity index (χ4n) is 2.07. The van der Waals surface area contributed by atoms with Crippen molar-refractivity contribution in [1.29, 1.82) is 0 Å². The number of methoxy groups -OCH3 is 1. The lowest BCUT2D eigenvalue weighted by Crippen LogP contribution is -2.28. The Hall–Kier alpha value is -2.55. The third-order valence-corrected chi connectivity index (χ3v) is 3.31. The van der Waals surface area contributed by atoms with Gasteiger partial charge in [-0.2, -0.15) is 13.2 Å². The van der Waals surface area contributed by atoms with Crippen molar-refractivity contribution in [2.45, 2.75) is 12.3 Å². The van der Waals surface area contributed by atoms with Crippen LogP contribution >= 0.6 is 0 Å². The number of amides is 1. The number of benzene rings is 1. The standard InChI is InChI=1S/C15H16F3N3O3/c1-21-8-11(14(20-21)24-2)13(23)19-7-12(22)9-3-5-10(6-4-9)15(16,17)18/h3-6,8,12,22H,7H2,1-2H3,(H,19,23)/t12-/m0/s1. The summed E-state index contributed by atoms with van der Waals surface area (Å²) in [5.41, 5.74) is -0.344. The summed E-state index contributed by atoms with van der Waals surface area (Å²) in [5, 5.41) is 16.4. The smallest absolute Gasteiger partial charge is 0.416 e. The van der Waals surface area contributed by atoms with Crippen molar-refractivity contribution >= 4 is 5.91 Å². The van der Waals surface area contributed by atoms with E-state index >= 15 is 0 Å². The number of halogens is 3. The van der Waals surface area contributed by atoms with Crippen molar-refractivity contribution in [3.8, 4) is 5.88 Å². The highest BCUT2D eigenvalue weighted by Crippen LogP contribution is 2.29. The summed E-state index contributed by atoms with van der Waals surface area (Å²) in [4.78, 5) is 12.1. The van der Waals surface area contributed by atoms with Crippen LogP contribution in [0.1, 0.15) is 27.6 Å². The first-order chi connectivity index (χ1) is 11.2. The van der Waals surface area contributed by atoms with E-state index in [-0.39, 0.29) is 23.6 Å². The van der Waals surface area contributed by atoms with Crippen LogP contribution in [0.4, 0.5) is 13.2 Å². The zero-order chi connectivity index (χ0) is 17.9. The van der Waals surface area contributed by atoms with Crippen LogP contribution in [0.2, 0.25) is 0 Å². The molecule has 130 valence electrons. The maximum atomic E-state index is 12.5. The number of ether oxygens (including phenoxy) is 1. The van der Waals surface area contributed by atoms with E-state index in [0.29, 0.717) is 0 Å². The van der Waals surface area contributed by atoms with Crippen LogP contribution in [0.5, 0.6) is 5.88 Å². The number of aliphatic hydroxyl groups excluding tert-OH is 1. The second-order valence-corrected chi connectivity index (χ2v) is 5.07. The molecule has 0 aliphatic heterocycles. The Labute approximate surface area is 135 Å². The Bertz CT molecular complexity index is 711. The van der Waals surface area contributed by atoms with E-state index in [1.54, 1.807) is 7.05 Å². The topological polar surface area (TPSA) is 76.4 Å². The molecule has 1 atom stereocenters. The molecule has 1 amide bonds. The van der Waals surface area contributed by atoms with Crippen LogP contribution in [-0.2, 0) is 13.2 Å². The van der Waals surface area contributed by atoms with Crippen LogP contribution in [0.15, 0.2) is 30.5 Å². The fraction of sp³-hybridized carbons (Fsp3) is 0.333. The Morgan fingerprint density at radius 2 is 2.00 bits per heavy atom. The number of carbonyl (C=O) groups is 1. The van der Waals surface area contributed by atoms with Crippen molar-refractivity contribution in [3.63, 3.8) is 0 Å². The molecular formula is C15H16F3N3O3. The molecule has 0 saturated carbocycles. The molecule has 1 aromatic heterocycles. The van der Waals surface area contributed by atoms with Gasteiger partial charge in [0.05, 0.1) is 18.8 Å². The number of rotatable bonds is 5. The average Bonchev–Trinajstić information content (AvgIpc) is 2.92. The van der Waals surface area contributed by atoms with E-state index in [2.05, 4.69) is 10.4 Å². The molecule has 0 unspecified atom stereocenters. The maximum absolute atomic E-state index is 12.5. The Morgan fingerprint density at radius 1 is 1.38 bits per heavy atom. The first-order valence-corrected chi connectivity index (χ1v) is 6.93. The van der Waals surface area contributed by atoms with Gasteiger partial charge < -0.3 is 15.2 Å². The number of alkyl halides is 3. The predicted molar refractivity (Wildman–Crippen MR) is 78.5 cm³/mol. The molecule has 0 fully saturated rings. The van der Waals surface area contributed by atoms with Crippen LogP contribution in [0, 0.1) is 0 Å². The first-order valence-electron chi connectivity index (χ1n) is 6.93. The van der Waals surface area contributed by atoms with Gasteiger partial charge in [0.15, 0.2) is 0 Å². The van der Waals surface area contributed by atoms with Crippen LogP contribution in [0.3, 0.4) is 0 Å². The molecule has 6 nitrogen and oxygen atoms in total. The van der Waals surface area contributed by atoms with Gasteiger partial charge in [0.1, 0.15) is 5.56 Å². The summed E-state index contributed by atoms with van der Waals surface area (Å²) < 4.78 is 43.9. The normalized spacial score (nSPS) is 12.8. The van der Waals surface area contributed by atoms with Gasteiger partial charge in [-0.1, -0.05) is 12.1 Å². The van der Waals surface area contributed by atoms with Gasteiger partial charge in [0, 0.05) is 19.8 Å². The largest absolute Gasteiger partial charge is 0.479 e. The summed E-state index contributed by atoms with van der Waals surface area (Å²) >= 11 is 0. The molecule has 0 bridgehead atoms. The SMILES string of the molecule is COc1nn(C)cc1C(=O)NC[C@H](O)c1ccc(C(F)(F)F)cc1. The number of carbonyl (C=O) groups excluding carboxylic acids is 1. The number of nitrogens with one attached hydrogen (secondary N) is 1. The van der Waals surface area contributed by atoms with E-state index < -0.39 is 23.8 Å². The Kier molecular flexibility index (Phi) is 5.13. The van der Waals surface area contributed by atoms with E-state index in [0.717, 1.165) is 12.1 Å². The molecule has 1 aromatic carbocycles. The molecule has 0 saturated heterocycles. The third kappa shape index (κ3) is 4.05. The van der Waals surface area contributed by atoms with Crippen LogP contribution in [0.25, 0.3) is 0 Å². The molecule has 0 spiro atoms. The van der Waals surface area contributed by atoms with Crippen molar-refractivity contribution in [1.82, 2.24) is 15.1 Å². The van der Waals surface area contributed by atoms with Gasteiger partial charge in [-0.25, -0.2) is 0 Å². The second-order valence-electron chi connectivity index (χ2n) is 5.07. The van der Waals surface area contributed by atoms with E-state index in [9.17, 15) is 23.1 Å². The average molecular weight is 343 g/mol. The molecule has 0 aliphatic carbocycles. The van der Waals surface area contributed by atoms with E-state index in [1.807, 2.05) is 0 Å². The molecule has 1 heterocycles. The van der Waals surface area contributed by atoms with Gasteiger partial charge in [-0.3, -0.25) is 9.48 Å². The number of aryl methyl sites for hydroxylation is 1. The van der Waals surface area contributed by atoms with Crippen LogP contribution < -0.4 is 10.1 Å². The summed E-state index contributed by atoms with van der Waals surface area (Å²) in [6.45, 7) is -0.164. The minimum atomic E-state index is -4.44. The van der Waals surface area contributed by atoms with E-state index in [1.165, 1.54) is 30.1 Å².